The Labute approximate surface area is 107 Å². The predicted octanol–water partition coefficient (Wildman–Crippen LogP) is 2.75. The second-order valence-electron chi connectivity index (χ2n) is 5.01. The molecule has 0 aliphatic carbocycles. The summed E-state index contributed by atoms with van der Waals surface area (Å²) in [4.78, 5) is 11.3. The minimum Gasteiger partial charge on any atom is -0.492 e. The normalized spacial score (nSPS) is 10.9. The van der Waals surface area contributed by atoms with E-state index in [2.05, 4.69) is 30.8 Å². The van der Waals surface area contributed by atoms with Crippen LogP contribution in [0, 0.1) is 0 Å². The van der Waals surface area contributed by atoms with Crippen LogP contribution < -0.4 is 15.8 Å². The van der Waals surface area contributed by atoms with Gasteiger partial charge in [0.15, 0.2) is 5.75 Å². The highest BCUT2D eigenvalue weighted by Crippen LogP contribution is 2.36. The van der Waals surface area contributed by atoms with E-state index in [1.165, 1.54) is 14.2 Å². The molecule has 1 aromatic carbocycles. The molecule has 0 bridgehead atoms. The monoisotopic (exact) mass is 252 g/mol. The topological polar surface area (TPSA) is 73.6 Å². The molecule has 1 amide bonds. The maximum absolute atomic E-state index is 11.3. The van der Waals surface area contributed by atoms with E-state index in [0.717, 1.165) is 5.56 Å². The molecule has 0 atom stereocenters. The molecule has 1 rings (SSSR count). The lowest BCUT2D eigenvalue weighted by Crippen LogP contribution is -2.16. The SMILES string of the molecule is COC(=O)Nc1cc(C(C)(C)C)cc(N)c1OC. The molecule has 0 saturated carbocycles. The second-order valence-corrected chi connectivity index (χ2v) is 5.01. The van der Waals surface area contributed by atoms with Crippen LogP contribution in [0.2, 0.25) is 0 Å². The zero-order valence-electron chi connectivity index (χ0n) is 11.5. The van der Waals surface area contributed by atoms with Gasteiger partial charge in [0.05, 0.1) is 25.6 Å². The van der Waals surface area contributed by atoms with E-state index in [9.17, 15) is 4.79 Å². The first-order valence-corrected chi connectivity index (χ1v) is 5.62. The van der Waals surface area contributed by atoms with Gasteiger partial charge in [-0.25, -0.2) is 4.79 Å². The number of methoxy groups -OCH3 is 2. The van der Waals surface area contributed by atoms with Crippen molar-refractivity contribution in [1.29, 1.82) is 0 Å². The molecule has 0 aliphatic heterocycles. The number of ether oxygens (including phenoxy) is 2. The third-order valence-electron chi connectivity index (χ3n) is 2.61. The number of amides is 1. The lowest BCUT2D eigenvalue weighted by Gasteiger charge is -2.22. The van der Waals surface area contributed by atoms with Gasteiger partial charge in [-0.05, 0) is 23.1 Å². The molecule has 0 aromatic heterocycles. The molecule has 5 heteroatoms. The van der Waals surface area contributed by atoms with Gasteiger partial charge in [0.2, 0.25) is 0 Å². The minimum atomic E-state index is -0.557. The molecular weight excluding hydrogens is 232 g/mol. The number of nitrogen functional groups attached to an aromatic ring is 1. The Balaban J connectivity index is 3.28. The van der Waals surface area contributed by atoms with Crippen LogP contribution in [0.15, 0.2) is 12.1 Å². The third kappa shape index (κ3) is 3.06. The first-order valence-electron chi connectivity index (χ1n) is 5.62. The summed E-state index contributed by atoms with van der Waals surface area (Å²) < 4.78 is 9.77. The Bertz CT molecular complexity index is 450. The lowest BCUT2D eigenvalue weighted by molar-refractivity contribution is 0.187. The van der Waals surface area contributed by atoms with Gasteiger partial charge in [-0.3, -0.25) is 5.32 Å². The van der Waals surface area contributed by atoms with E-state index >= 15 is 0 Å². The summed E-state index contributed by atoms with van der Waals surface area (Å²) in [5.74, 6) is 0.438. The number of carbonyl (C=O) groups is 1. The predicted molar refractivity (Wildman–Crippen MR) is 72.1 cm³/mol. The molecular formula is C13H20N2O3. The van der Waals surface area contributed by atoms with Crippen molar-refractivity contribution in [3.05, 3.63) is 17.7 Å². The van der Waals surface area contributed by atoms with Crippen LogP contribution in [0.1, 0.15) is 26.3 Å². The molecule has 0 radical (unpaired) electrons. The molecule has 5 nitrogen and oxygen atoms in total. The Morgan fingerprint density at radius 2 is 1.89 bits per heavy atom. The summed E-state index contributed by atoms with van der Waals surface area (Å²) in [7, 11) is 2.81. The molecule has 18 heavy (non-hydrogen) atoms. The van der Waals surface area contributed by atoms with E-state index in [1.807, 2.05) is 12.1 Å². The Morgan fingerprint density at radius 1 is 1.28 bits per heavy atom. The highest BCUT2D eigenvalue weighted by atomic mass is 16.5. The summed E-state index contributed by atoms with van der Waals surface area (Å²) in [5, 5.41) is 2.60. The highest BCUT2D eigenvalue weighted by molar-refractivity contribution is 5.89. The zero-order chi connectivity index (χ0) is 13.9. The van der Waals surface area contributed by atoms with Gasteiger partial charge in [0, 0.05) is 0 Å². The molecule has 0 heterocycles. The van der Waals surface area contributed by atoms with Crippen LogP contribution in [0.25, 0.3) is 0 Å². The van der Waals surface area contributed by atoms with Gasteiger partial charge in [0.25, 0.3) is 0 Å². The fourth-order valence-electron chi connectivity index (χ4n) is 1.57. The number of nitrogens with one attached hydrogen (secondary N) is 1. The van der Waals surface area contributed by atoms with Gasteiger partial charge in [-0.15, -0.1) is 0 Å². The fourth-order valence-corrected chi connectivity index (χ4v) is 1.57. The summed E-state index contributed by atoms with van der Waals surface area (Å²) in [6.45, 7) is 6.20. The van der Waals surface area contributed by atoms with Crippen molar-refractivity contribution in [2.45, 2.75) is 26.2 Å². The van der Waals surface area contributed by atoms with Gasteiger partial charge < -0.3 is 15.2 Å². The maximum atomic E-state index is 11.3. The van der Waals surface area contributed by atoms with E-state index < -0.39 is 6.09 Å². The number of benzene rings is 1. The molecule has 0 fully saturated rings. The maximum Gasteiger partial charge on any atom is 0.411 e. The van der Waals surface area contributed by atoms with Gasteiger partial charge in [-0.1, -0.05) is 20.8 Å². The van der Waals surface area contributed by atoms with Gasteiger partial charge in [0.1, 0.15) is 0 Å². The summed E-state index contributed by atoms with van der Waals surface area (Å²) in [6.07, 6.45) is -0.557. The number of nitrogens with two attached hydrogens (primary N) is 1. The van der Waals surface area contributed by atoms with Crippen LogP contribution in [-0.2, 0) is 10.2 Å². The summed E-state index contributed by atoms with van der Waals surface area (Å²) >= 11 is 0. The number of rotatable bonds is 2. The zero-order valence-corrected chi connectivity index (χ0v) is 11.5. The van der Waals surface area contributed by atoms with Crippen molar-refractivity contribution in [3.8, 4) is 5.75 Å². The molecule has 1 aromatic rings. The summed E-state index contributed by atoms with van der Waals surface area (Å²) in [5.41, 5.74) is 7.85. The van der Waals surface area contributed by atoms with Crippen molar-refractivity contribution < 1.29 is 14.3 Å². The quantitative estimate of drug-likeness (QED) is 0.794. The van der Waals surface area contributed by atoms with Crippen LogP contribution in [0.4, 0.5) is 16.2 Å². The molecule has 3 N–H and O–H groups in total. The van der Waals surface area contributed by atoms with Crippen molar-refractivity contribution in [1.82, 2.24) is 0 Å². The molecule has 0 spiro atoms. The fraction of sp³-hybridized carbons (Fsp3) is 0.462. The minimum absolute atomic E-state index is 0.0764. The van der Waals surface area contributed by atoms with Crippen LogP contribution in [0.3, 0.4) is 0 Å². The highest BCUT2D eigenvalue weighted by Gasteiger charge is 2.19. The number of carbonyl (C=O) groups excluding carboxylic acids is 1. The largest absolute Gasteiger partial charge is 0.492 e. The standard InChI is InChI=1S/C13H20N2O3/c1-13(2,3)8-6-9(14)11(17-4)10(7-8)15-12(16)18-5/h6-7H,14H2,1-5H3,(H,15,16). The van der Waals surface area contributed by atoms with Crippen LogP contribution in [0.5, 0.6) is 5.75 Å². The Morgan fingerprint density at radius 3 is 2.33 bits per heavy atom. The Kier molecular flexibility index (Phi) is 4.06. The van der Waals surface area contributed by atoms with E-state index in [4.69, 9.17) is 10.5 Å². The van der Waals surface area contributed by atoms with Crippen molar-refractivity contribution >= 4 is 17.5 Å². The average Bonchev–Trinajstić information content (AvgIpc) is 2.27. The molecule has 0 unspecified atom stereocenters. The third-order valence-corrected chi connectivity index (χ3v) is 2.61. The van der Waals surface area contributed by atoms with E-state index in [1.54, 1.807) is 0 Å². The molecule has 100 valence electrons. The van der Waals surface area contributed by atoms with Crippen molar-refractivity contribution in [3.63, 3.8) is 0 Å². The summed E-state index contributed by atoms with van der Waals surface area (Å²) in [6, 6.07) is 3.69. The molecule has 0 saturated heterocycles. The Hall–Kier alpha value is -1.91. The number of hydrogen-bond donors (Lipinski definition) is 2. The van der Waals surface area contributed by atoms with Gasteiger partial charge >= 0.3 is 6.09 Å². The lowest BCUT2D eigenvalue weighted by atomic mass is 9.86. The number of anilines is 2. The van der Waals surface area contributed by atoms with Gasteiger partial charge in [-0.2, -0.15) is 0 Å². The first kappa shape index (κ1) is 14.2. The first-order chi connectivity index (χ1) is 8.29. The van der Waals surface area contributed by atoms with Crippen LogP contribution >= 0.6 is 0 Å². The molecule has 0 aliphatic rings. The van der Waals surface area contributed by atoms with E-state index in [-0.39, 0.29) is 5.41 Å². The smallest absolute Gasteiger partial charge is 0.411 e. The van der Waals surface area contributed by atoms with Crippen molar-refractivity contribution in [2.75, 3.05) is 25.3 Å². The van der Waals surface area contributed by atoms with Crippen molar-refractivity contribution in [2.24, 2.45) is 0 Å². The van der Waals surface area contributed by atoms with Crippen LogP contribution in [-0.4, -0.2) is 20.3 Å². The second kappa shape index (κ2) is 5.16. The van der Waals surface area contributed by atoms with E-state index in [0.29, 0.717) is 17.1 Å². The number of hydrogen-bond acceptors (Lipinski definition) is 4. The average molecular weight is 252 g/mol.